The van der Waals surface area contributed by atoms with Crippen molar-refractivity contribution in [2.45, 2.75) is 19.9 Å². The van der Waals surface area contributed by atoms with E-state index in [-0.39, 0.29) is 11.9 Å². The lowest BCUT2D eigenvalue weighted by Gasteiger charge is -2.20. The van der Waals surface area contributed by atoms with Gasteiger partial charge in [-0.25, -0.2) is 4.39 Å². The van der Waals surface area contributed by atoms with E-state index in [2.05, 4.69) is 15.5 Å². The van der Waals surface area contributed by atoms with E-state index < -0.39 is 0 Å². The monoisotopic (exact) mass is 245 g/mol. The number of hydrogen-bond acceptors (Lipinski definition) is 3. The summed E-state index contributed by atoms with van der Waals surface area (Å²) in [6.07, 6.45) is 3.40. The third-order valence-corrected chi connectivity index (χ3v) is 2.89. The van der Waals surface area contributed by atoms with Crippen molar-refractivity contribution in [3.05, 3.63) is 59.2 Å². The van der Waals surface area contributed by atoms with Crippen molar-refractivity contribution in [1.29, 1.82) is 0 Å². The van der Waals surface area contributed by atoms with Crippen molar-refractivity contribution in [3.63, 3.8) is 0 Å². The van der Waals surface area contributed by atoms with Crippen LogP contribution >= 0.6 is 0 Å². The molecule has 2 rings (SSSR count). The Balaban J connectivity index is 2.41. The Morgan fingerprint density at radius 1 is 1.28 bits per heavy atom. The first-order valence-electron chi connectivity index (χ1n) is 5.98. The summed E-state index contributed by atoms with van der Waals surface area (Å²) in [5.41, 5.74) is 3.02. The minimum absolute atomic E-state index is 0.0195. The first-order valence-corrected chi connectivity index (χ1v) is 5.98. The van der Waals surface area contributed by atoms with Gasteiger partial charge in [0, 0.05) is 6.20 Å². The summed E-state index contributed by atoms with van der Waals surface area (Å²) in [6, 6.07) is 6.79. The molecule has 0 fully saturated rings. The van der Waals surface area contributed by atoms with Gasteiger partial charge in [0.2, 0.25) is 0 Å². The van der Waals surface area contributed by atoms with Crippen molar-refractivity contribution >= 4 is 0 Å². The number of nitrogens with one attached hydrogen (secondary N) is 1. The van der Waals surface area contributed by atoms with E-state index in [9.17, 15) is 4.39 Å². The van der Waals surface area contributed by atoms with Crippen LogP contribution in [-0.4, -0.2) is 16.7 Å². The maximum absolute atomic E-state index is 13.2. The van der Waals surface area contributed by atoms with Crippen molar-refractivity contribution < 1.29 is 4.39 Å². The van der Waals surface area contributed by atoms with Crippen LogP contribution in [0.3, 0.4) is 0 Å². The third kappa shape index (κ3) is 2.71. The van der Waals surface area contributed by atoms with Crippen LogP contribution in [-0.2, 0) is 0 Å². The van der Waals surface area contributed by atoms with Crippen molar-refractivity contribution in [1.82, 2.24) is 15.5 Å². The van der Waals surface area contributed by atoms with Gasteiger partial charge in [0.05, 0.1) is 12.2 Å². The van der Waals surface area contributed by atoms with Crippen LogP contribution < -0.4 is 5.32 Å². The van der Waals surface area contributed by atoms with Crippen LogP contribution in [0, 0.1) is 12.7 Å². The lowest BCUT2D eigenvalue weighted by Crippen LogP contribution is -2.23. The topological polar surface area (TPSA) is 37.8 Å². The Hall–Kier alpha value is -1.81. The molecule has 94 valence electrons. The summed E-state index contributed by atoms with van der Waals surface area (Å²) in [6.45, 7) is 4.78. The van der Waals surface area contributed by atoms with Gasteiger partial charge in [-0.3, -0.25) is 0 Å². The zero-order valence-corrected chi connectivity index (χ0v) is 10.5. The van der Waals surface area contributed by atoms with Gasteiger partial charge in [-0.05, 0) is 48.4 Å². The van der Waals surface area contributed by atoms with Gasteiger partial charge in [-0.1, -0.05) is 13.0 Å². The summed E-state index contributed by atoms with van der Waals surface area (Å²) < 4.78 is 13.2. The van der Waals surface area contributed by atoms with E-state index in [0.717, 1.165) is 23.2 Å². The van der Waals surface area contributed by atoms with Crippen molar-refractivity contribution in [2.75, 3.05) is 6.54 Å². The molecule has 4 heteroatoms. The van der Waals surface area contributed by atoms with Gasteiger partial charge in [-0.15, -0.1) is 0 Å². The van der Waals surface area contributed by atoms with Gasteiger partial charge < -0.3 is 5.32 Å². The molecular weight excluding hydrogens is 229 g/mol. The normalized spacial score (nSPS) is 12.4. The fourth-order valence-corrected chi connectivity index (χ4v) is 2.05. The van der Waals surface area contributed by atoms with E-state index in [1.807, 2.05) is 26.0 Å². The van der Waals surface area contributed by atoms with Crippen LogP contribution in [0.15, 0.2) is 36.7 Å². The van der Waals surface area contributed by atoms with Crippen LogP contribution in [0.5, 0.6) is 0 Å². The summed E-state index contributed by atoms with van der Waals surface area (Å²) in [7, 11) is 0. The molecule has 1 N–H and O–H groups in total. The molecule has 3 nitrogen and oxygen atoms in total. The Kier molecular flexibility index (Phi) is 3.99. The number of aryl methyl sites for hydroxylation is 1. The highest BCUT2D eigenvalue weighted by atomic mass is 19.1. The molecule has 1 aromatic carbocycles. The predicted octanol–water partition coefficient (Wildman–Crippen LogP) is 2.62. The van der Waals surface area contributed by atoms with E-state index in [1.54, 1.807) is 18.5 Å². The molecule has 2 aromatic rings. The fraction of sp³-hybridized carbons (Fsp3) is 0.286. The van der Waals surface area contributed by atoms with Gasteiger partial charge in [-0.2, -0.15) is 10.2 Å². The third-order valence-electron chi connectivity index (χ3n) is 2.89. The van der Waals surface area contributed by atoms with Crippen LogP contribution in [0.4, 0.5) is 4.39 Å². The van der Waals surface area contributed by atoms with E-state index in [4.69, 9.17) is 0 Å². The van der Waals surface area contributed by atoms with E-state index in [1.165, 1.54) is 6.07 Å². The largest absolute Gasteiger partial charge is 0.306 e. The molecule has 0 saturated heterocycles. The fourth-order valence-electron chi connectivity index (χ4n) is 2.05. The number of rotatable bonds is 4. The number of nitrogens with zero attached hydrogens (tertiary/aromatic N) is 2. The Labute approximate surface area is 106 Å². The standard InChI is InChI=1S/C14H16FN3/c1-3-16-14(11-6-7-17-18-9-11)13-5-4-12(15)8-10(13)2/h4-9,14,16H,3H2,1-2H3. The molecular formula is C14H16FN3. The minimum atomic E-state index is -0.209. The summed E-state index contributed by atoms with van der Waals surface area (Å²) in [4.78, 5) is 0. The molecule has 0 aliphatic rings. The van der Waals surface area contributed by atoms with Crippen LogP contribution in [0.1, 0.15) is 29.7 Å². The number of hydrogen-bond donors (Lipinski definition) is 1. The SMILES string of the molecule is CCNC(c1ccnnc1)c1ccc(F)cc1C. The van der Waals surface area contributed by atoms with E-state index in [0.29, 0.717) is 0 Å². The van der Waals surface area contributed by atoms with Crippen molar-refractivity contribution in [2.24, 2.45) is 0 Å². The second kappa shape index (κ2) is 5.69. The Morgan fingerprint density at radius 3 is 2.72 bits per heavy atom. The molecule has 1 unspecified atom stereocenters. The average Bonchev–Trinajstić information content (AvgIpc) is 2.38. The zero-order valence-electron chi connectivity index (χ0n) is 10.5. The average molecular weight is 245 g/mol. The lowest BCUT2D eigenvalue weighted by atomic mass is 9.96. The summed E-state index contributed by atoms with van der Waals surface area (Å²) >= 11 is 0. The molecule has 0 spiro atoms. The highest BCUT2D eigenvalue weighted by Crippen LogP contribution is 2.24. The summed E-state index contributed by atoms with van der Waals surface area (Å²) in [5, 5.41) is 11.1. The molecule has 0 saturated carbocycles. The molecule has 18 heavy (non-hydrogen) atoms. The Morgan fingerprint density at radius 2 is 2.11 bits per heavy atom. The van der Waals surface area contributed by atoms with Crippen LogP contribution in [0.2, 0.25) is 0 Å². The summed E-state index contributed by atoms with van der Waals surface area (Å²) in [5.74, 6) is -0.209. The minimum Gasteiger partial charge on any atom is -0.306 e. The quantitative estimate of drug-likeness (QED) is 0.899. The smallest absolute Gasteiger partial charge is 0.123 e. The molecule has 0 radical (unpaired) electrons. The molecule has 1 heterocycles. The number of halogens is 1. The zero-order chi connectivity index (χ0) is 13.0. The van der Waals surface area contributed by atoms with Gasteiger partial charge >= 0.3 is 0 Å². The van der Waals surface area contributed by atoms with Gasteiger partial charge in [0.15, 0.2) is 0 Å². The highest BCUT2D eigenvalue weighted by molar-refractivity contribution is 5.35. The number of aromatic nitrogens is 2. The first-order chi connectivity index (χ1) is 8.72. The molecule has 0 aliphatic heterocycles. The first kappa shape index (κ1) is 12.6. The predicted molar refractivity (Wildman–Crippen MR) is 68.7 cm³/mol. The molecule has 0 amide bonds. The van der Waals surface area contributed by atoms with Gasteiger partial charge in [0.25, 0.3) is 0 Å². The Bertz CT molecular complexity index is 514. The molecule has 0 aliphatic carbocycles. The highest BCUT2D eigenvalue weighted by Gasteiger charge is 2.15. The molecule has 1 aromatic heterocycles. The number of benzene rings is 1. The maximum atomic E-state index is 13.2. The molecule has 0 bridgehead atoms. The van der Waals surface area contributed by atoms with E-state index >= 15 is 0 Å². The van der Waals surface area contributed by atoms with Crippen LogP contribution in [0.25, 0.3) is 0 Å². The second-order valence-electron chi connectivity index (χ2n) is 4.17. The lowest BCUT2D eigenvalue weighted by molar-refractivity contribution is 0.608. The van der Waals surface area contributed by atoms with Gasteiger partial charge in [0.1, 0.15) is 5.82 Å². The second-order valence-corrected chi connectivity index (χ2v) is 4.17. The molecule has 1 atom stereocenters. The maximum Gasteiger partial charge on any atom is 0.123 e. The van der Waals surface area contributed by atoms with Crippen molar-refractivity contribution in [3.8, 4) is 0 Å².